The molecule has 0 N–H and O–H groups in total. The number of sulfonamides is 1. The molecule has 1 aliphatic carbocycles. The van der Waals surface area contributed by atoms with Crippen molar-refractivity contribution in [1.82, 2.24) is 9.29 Å². The van der Waals surface area contributed by atoms with Crippen LogP contribution in [0.4, 0.5) is 0 Å². The highest BCUT2D eigenvalue weighted by Crippen LogP contribution is 2.53. The van der Waals surface area contributed by atoms with Crippen molar-refractivity contribution >= 4 is 37.6 Å². The molecule has 122 valence electrons. The molecule has 1 aromatic rings. The fourth-order valence-corrected chi connectivity index (χ4v) is 6.72. The van der Waals surface area contributed by atoms with Crippen LogP contribution in [0.15, 0.2) is 21.6 Å². The molecular formula is C15H20BrClN2O2S. The molecule has 0 amide bonds. The van der Waals surface area contributed by atoms with Crippen LogP contribution < -0.4 is 0 Å². The summed E-state index contributed by atoms with van der Waals surface area (Å²) in [6, 6.07) is 1.62. The molecule has 2 atom stereocenters. The molecule has 1 aromatic heterocycles. The van der Waals surface area contributed by atoms with Crippen LogP contribution in [-0.2, 0) is 10.0 Å². The van der Waals surface area contributed by atoms with E-state index in [1.165, 1.54) is 6.20 Å². The summed E-state index contributed by atoms with van der Waals surface area (Å²) in [4.78, 5) is 4.17. The van der Waals surface area contributed by atoms with Gasteiger partial charge in [0.2, 0.25) is 10.0 Å². The Balaban J connectivity index is 1.98. The SMILES string of the molecule is CC1(C)CC2CC(C)(CN2S(=O)(=O)c2cnc(Cl)c(Br)c2)C1. The first-order chi connectivity index (χ1) is 10.0. The van der Waals surface area contributed by atoms with Gasteiger partial charge in [-0.05, 0) is 52.1 Å². The average molecular weight is 408 g/mol. The van der Waals surface area contributed by atoms with Crippen LogP contribution in [0.3, 0.4) is 0 Å². The summed E-state index contributed by atoms with van der Waals surface area (Å²) < 4.78 is 28.2. The summed E-state index contributed by atoms with van der Waals surface area (Å²) in [5.41, 5.74) is 0.247. The second-order valence-corrected chi connectivity index (χ2v) is 10.8. The van der Waals surface area contributed by atoms with Crippen LogP contribution in [-0.4, -0.2) is 30.3 Å². The number of rotatable bonds is 2. The normalized spacial score (nSPS) is 31.4. The fraction of sp³-hybridized carbons (Fsp3) is 0.667. The van der Waals surface area contributed by atoms with Gasteiger partial charge in [0.1, 0.15) is 10.0 Å². The summed E-state index contributed by atoms with van der Waals surface area (Å²) in [7, 11) is -3.54. The number of hydrogen-bond acceptors (Lipinski definition) is 3. The average Bonchev–Trinajstić information content (AvgIpc) is 2.62. The third kappa shape index (κ3) is 2.83. The molecule has 2 unspecified atom stereocenters. The zero-order chi connectivity index (χ0) is 16.3. The molecule has 2 aliphatic rings. The van der Waals surface area contributed by atoms with Gasteiger partial charge >= 0.3 is 0 Å². The van der Waals surface area contributed by atoms with Gasteiger partial charge in [-0.2, -0.15) is 4.31 Å². The molecule has 1 aliphatic heterocycles. The van der Waals surface area contributed by atoms with Gasteiger partial charge < -0.3 is 0 Å². The van der Waals surface area contributed by atoms with Gasteiger partial charge in [0.15, 0.2) is 0 Å². The molecular weight excluding hydrogens is 388 g/mol. The lowest BCUT2D eigenvalue weighted by atomic mass is 9.65. The predicted octanol–water partition coefficient (Wildman–Crippen LogP) is 4.09. The Morgan fingerprint density at radius 3 is 2.68 bits per heavy atom. The first kappa shape index (κ1) is 16.7. The number of hydrogen-bond donors (Lipinski definition) is 0. The summed E-state index contributed by atoms with van der Waals surface area (Å²) >= 11 is 9.13. The first-order valence-electron chi connectivity index (χ1n) is 7.35. The van der Waals surface area contributed by atoms with Crippen LogP contribution in [0.1, 0.15) is 40.0 Å². The van der Waals surface area contributed by atoms with Gasteiger partial charge in [-0.1, -0.05) is 32.4 Å². The van der Waals surface area contributed by atoms with E-state index in [0.29, 0.717) is 11.0 Å². The second kappa shape index (κ2) is 5.16. The third-order valence-corrected chi connectivity index (χ3v) is 7.74. The van der Waals surface area contributed by atoms with Crippen molar-refractivity contribution in [3.05, 3.63) is 21.9 Å². The maximum Gasteiger partial charge on any atom is 0.244 e. The predicted molar refractivity (Wildman–Crippen MR) is 90.4 cm³/mol. The van der Waals surface area contributed by atoms with Crippen LogP contribution in [0.2, 0.25) is 5.15 Å². The molecule has 0 aromatic carbocycles. The topological polar surface area (TPSA) is 50.3 Å². The van der Waals surface area contributed by atoms with E-state index in [9.17, 15) is 8.42 Å². The van der Waals surface area contributed by atoms with Gasteiger partial charge in [0.05, 0.1) is 4.47 Å². The van der Waals surface area contributed by atoms with Crippen molar-refractivity contribution in [2.75, 3.05) is 6.54 Å². The quantitative estimate of drug-likeness (QED) is 0.694. The Kier molecular flexibility index (Phi) is 3.91. The molecule has 2 bridgehead atoms. The summed E-state index contributed by atoms with van der Waals surface area (Å²) in [5.74, 6) is 0. The van der Waals surface area contributed by atoms with E-state index < -0.39 is 10.0 Å². The lowest BCUT2D eigenvalue weighted by molar-refractivity contribution is 0.133. The maximum absolute atomic E-state index is 13.0. The Labute approximate surface area is 145 Å². The Hall–Kier alpha value is -0.170. The van der Waals surface area contributed by atoms with Crippen molar-refractivity contribution in [1.29, 1.82) is 0 Å². The fourth-order valence-electron chi connectivity index (χ4n) is 4.37. The highest BCUT2D eigenvalue weighted by molar-refractivity contribution is 9.10. The molecule has 2 heterocycles. The summed E-state index contributed by atoms with van der Waals surface area (Å²) in [5, 5.41) is 0.271. The van der Waals surface area contributed by atoms with E-state index >= 15 is 0 Å². The monoisotopic (exact) mass is 406 g/mol. The van der Waals surface area contributed by atoms with Crippen molar-refractivity contribution in [2.45, 2.75) is 51.0 Å². The minimum absolute atomic E-state index is 0.0660. The number of pyridine rings is 1. The molecule has 2 fully saturated rings. The van der Waals surface area contributed by atoms with Gasteiger partial charge in [-0.3, -0.25) is 0 Å². The maximum atomic E-state index is 13.0. The standard InChI is InChI=1S/C15H20BrClN2O2S/c1-14(2)5-10-6-15(3,8-14)9-19(10)22(20,21)11-4-12(16)13(17)18-7-11/h4,7,10H,5-6,8-9H2,1-3H3. The van der Waals surface area contributed by atoms with Gasteiger partial charge in [0.25, 0.3) is 0 Å². The molecule has 3 rings (SSSR count). The molecule has 1 saturated heterocycles. The summed E-state index contributed by atoms with van der Waals surface area (Å²) in [6.45, 7) is 7.25. The first-order valence-corrected chi connectivity index (χ1v) is 9.97. The van der Waals surface area contributed by atoms with E-state index in [4.69, 9.17) is 11.6 Å². The van der Waals surface area contributed by atoms with E-state index in [-0.39, 0.29) is 26.9 Å². The smallest absolute Gasteiger partial charge is 0.242 e. The Morgan fingerprint density at radius 1 is 1.36 bits per heavy atom. The third-order valence-electron chi connectivity index (χ3n) is 4.74. The molecule has 0 radical (unpaired) electrons. The lowest BCUT2D eigenvalue weighted by Gasteiger charge is -2.39. The number of fused-ring (bicyclic) bond motifs is 2. The van der Waals surface area contributed by atoms with E-state index in [0.717, 1.165) is 19.3 Å². The van der Waals surface area contributed by atoms with Gasteiger partial charge in [-0.15, -0.1) is 0 Å². The zero-order valence-electron chi connectivity index (χ0n) is 12.9. The molecule has 0 spiro atoms. The number of halogens is 2. The largest absolute Gasteiger partial charge is 0.244 e. The minimum atomic E-state index is -3.54. The van der Waals surface area contributed by atoms with Crippen molar-refractivity contribution < 1.29 is 8.42 Å². The van der Waals surface area contributed by atoms with E-state index in [1.54, 1.807) is 10.4 Å². The van der Waals surface area contributed by atoms with E-state index in [2.05, 4.69) is 41.7 Å². The van der Waals surface area contributed by atoms with Crippen molar-refractivity contribution in [3.63, 3.8) is 0 Å². The molecule has 1 saturated carbocycles. The highest BCUT2D eigenvalue weighted by atomic mass is 79.9. The number of nitrogens with zero attached hydrogens (tertiary/aromatic N) is 2. The van der Waals surface area contributed by atoms with E-state index in [1.807, 2.05) is 0 Å². The van der Waals surface area contributed by atoms with Crippen LogP contribution in [0.5, 0.6) is 0 Å². The summed E-state index contributed by atoms with van der Waals surface area (Å²) in [6.07, 6.45) is 4.26. The van der Waals surface area contributed by atoms with Crippen LogP contribution in [0.25, 0.3) is 0 Å². The van der Waals surface area contributed by atoms with Crippen LogP contribution in [0, 0.1) is 10.8 Å². The van der Waals surface area contributed by atoms with Gasteiger partial charge in [-0.25, -0.2) is 13.4 Å². The zero-order valence-corrected chi connectivity index (χ0v) is 16.1. The second-order valence-electron chi connectivity index (χ2n) is 7.71. The Bertz CT molecular complexity index is 722. The van der Waals surface area contributed by atoms with Crippen molar-refractivity contribution in [2.24, 2.45) is 10.8 Å². The van der Waals surface area contributed by atoms with Crippen molar-refractivity contribution in [3.8, 4) is 0 Å². The molecule has 4 nitrogen and oxygen atoms in total. The molecule has 22 heavy (non-hydrogen) atoms. The van der Waals surface area contributed by atoms with Crippen LogP contribution >= 0.6 is 27.5 Å². The number of aromatic nitrogens is 1. The minimum Gasteiger partial charge on any atom is -0.242 e. The Morgan fingerprint density at radius 2 is 2.05 bits per heavy atom. The highest BCUT2D eigenvalue weighted by Gasteiger charge is 2.53. The molecule has 7 heteroatoms. The van der Waals surface area contributed by atoms with Gasteiger partial charge in [0, 0.05) is 18.8 Å². The lowest BCUT2D eigenvalue weighted by Crippen LogP contribution is -2.37.